The Labute approximate surface area is 174 Å². The van der Waals surface area contributed by atoms with Crippen molar-refractivity contribution in [2.75, 3.05) is 4.90 Å². The first-order valence-corrected chi connectivity index (χ1v) is 10.5. The zero-order valence-corrected chi connectivity index (χ0v) is 17.2. The molecule has 0 aliphatic heterocycles. The summed E-state index contributed by atoms with van der Waals surface area (Å²) < 4.78 is 6.95. The summed E-state index contributed by atoms with van der Waals surface area (Å²) in [4.78, 5) is 19.8. The maximum atomic E-state index is 13.4. The molecule has 1 heterocycles. The molecule has 0 radical (unpaired) electrons. The van der Waals surface area contributed by atoms with E-state index in [-0.39, 0.29) is 5.91 Å². The molecule has 5 heteroatoms. The number of hydrogen-bond acceptors (Lipinski definition) is 4. The van der Waals surface area contributed by atoms with Gasteiger partial charge in [-0.25, -0.2) is 4.98 Å². The van der Waals surface area contributed by atoms with Gasteiger partial charge in [0, 0.05) is 0 Å². The quantitative estimate of drug-likeness (QED) is 0.398. The van der Waals surface area contributed by atoms with Crippen LogP contribution in [-0.2, 0) is 11.2 Å². The van der Waals surface area contributed by atoms with E-state index in [4.69, 9.17) is 9.72 Å². The number of ether oxygens (including phenoxy) is 1. The highest BCUT2D eigenvalue weighted by Gasteiger charge is 2.27. The van der Waals surface area contributed by atoms with Gasteiger partial charge in [0.25, 0.3) is 5.91 Å². The van der Waals surface area contributed by atoms with Crippen LogP contribution in [0.1, 0.15) is 19.4 Å². The van der Waals surface area contributed by atoms with Crippen LogP contribution < -0.4 is 9.64 Å². The molecule has 4 nitrogen and oxygen atoms in total. The van der Waals surface area contributed by atoms with Crippen molar-refractivity contribution in [2.24, 2.45) is 0 Å². The van der Waals surface area contributed by atoms with Gasteiger partial charge < -0.3 is 4.74 Å². The molecule has 0 aliphatic rings. The fourth-order valence-electron chi connectivity index (χ4n) is 3.10. The molecular weight excluding hydrogens is 380 g/mol. The molecule has 1 aromatic heterocycles. The predicted molar refractivity (Wildman–Crippen MR) is 119 cm³/mol. The van der Waals surface area contributed by atoms with Crippen LogP contribution in [0.4, 0.5) is 10.8 Å². The summed E-state index contributed by atoms with van der Waals surface area (Å²) in [5.41, 5.74) is 2.89. The molecule has 3 aromatic carbocycles. The SMILES string of the molecule is CCc1ccc(N(C(=O)C(C)Oc2ccccc2)c2nc3ccccc3s2)cc1. The first kappa shape index (κ1) is 19.2. The van der Waals surface area contributed by atoms with Gasteiger partial charge in [-0.15, -0.1) is 0 Å². The summed E-state index contributed by atoms with van der Waals surface area (Å²) in [6.07, 6.45) is 0.290. The second-order valence-electron chi connectivity index (χ2n) is 6.73. The lowest BCUT2D eigenvalue weighted by atomic mass is 10.1. The highest BCUT2D eigenvalue weighted by atomic mass is 32.1. The molecule has 0 saturated carbocycles. The Morgan fingerprint density at radius 3 is 2.38 bits per heavy atom. The van der Waals surface area contributed by atoms with E-state index in [1.54, 1.807) is 11.8 Å². The van der Waals surface area contributed by atoms with Gasteiger partial charge in [-0.1, -0.05) is 60.7 Å². The Hall–Kier alpha value is -3.18. The Bertz CT molecular complexity index is 1070. The van der Waals surface area contributed by atoms with Gasteiger partial charge in [-0.05, 0) is 55.3 Å². The highest BCUT2D eigenvalue weighted by molar-refractivity contribution is 7.22. The number of carbonyl (C=O) groups is 1. The monoisotopic (exact) mass is 402 g/mol. The average molecular weight is 403 g/mol. The predicted octanol–water partition coefficient (Wildman–Crippen LogP) is 5.99. The largest absolute Gasteiger partial charge is 0.481 e. The number of aryl methyl sites for hydroxylation is 1. The molecule has 1 amide bonds. The van der Waals surface area contributed by atoms with Gasteiger partial charge in [0.2, 0.25) is 0 Å². The van der Waals surface area contributed by atoms with Crippen molar-refractivity contribution in [3.05, 3.63) is 84.4 Å². The number of benzene rings is 3. The maximum absolute atomic E-state index is 13.4. The van der Waals surface area contributed by atoms with Crippen LogP contribution in [0.25, 0.3) is 10.2 Å². The van der Waals surface area contributed by atoms with E-state index in [1.807, 2.05) is 78.9 Å². The summed E-state index contributed by atoms with van der Waals surface area (Å²) in [7, 11) is 0. The van der Waals surface area contributed by atoms with Crippen LogP contribution in [0.15, 0.2) is 78.9 Å². The zero-order chi connectivity index (χ0) is 20.2. The first-order valence-electron chi connectivity index (χ1n) is 9.66. The zero-order valence-electron chi connectivity index (χ0n) is 16.4. The summed E-state index contributed by atoms with van der Waals surface area (Å²) in [6.45, 7) is 3.89. The highest BCUT2D eigenvalue weighted by Crippen LogP contribution is 2.34. The van der Waals surface area contributed by atoms with Crippen molar-refractivity contribution in [1.29, 1.82) is 0 Å². The minimum absolute atomic E-state index is 0.155. The number of nitrogens with zero attached hydrogens (tertiary/aromatic N) is 2. The normalized spacial score (nSPS) is 11.9. The van der Waals surface area contributed by atoms with Gasteiger partial charge in [0.15, 0.2) is 11.2 Å². The van der Waals surface area contributed by atoms with E-state index in [0.717, 1.165) is 22.3 Å². The van der Waals surface area contributed by atoms with Crippen LogP contribution in [-0.4, -0.2) is 17.0 Å². The first-order chi connectivity index (χ1) is 14.2. The Balaban J connectivity index is 1.71. The fraction of sp³-hybridized carbons (Fsp3) is 0.167. The van der Waals surface area contributed by atoms with Gasteiger partial charge in [0.1, 0.15) is 5.75 Å². The van der Waals surface area contributed by atoms with E-state index in [9.17, 15) is 4.79 Å². The van der Waals surface area contributed by atoms with Gasteiger partial charge in [-0.3, -0.25) is 9.69 Å². The third-order valence-electron chi connectivity index (χ3n) is 4.70. The number of hydrogen-bond donors (Lipinski definition) is 0. The van der Waals surface area contributed by atoms with Crippen LogP contribution in [0, 0.1) is 0 Å². The summed E-state index contributed by atoms with van der Waals surface area (Å²) in [5, 5.41) is 0.643. The van der Waals surface area contributed by atoms with Crippen molar-refractivity contribution in [2.45, 2.75) is 26.4 Å². The Morgan fingerprint density at radius 1 is 1.00 bits per heavy atom. The number of amides is 1. The molecule has 29 heavy (non-hydrogen) atoms. The lowest BCUT2D eigenvalue weighted by Gasteiger charge is -2.24. The van der Waals surface area contributed by atoms with Gasteiger partial charge in [-0.2, -0.15) is 0 Å². The van der Waals surface area contributed by atoms with Gasteiger partial charge in [0.05, 0.1) is 15.9 Å². The van der Waals surface area contributed by atoms with Crippen LogP contribution in [0.2, 0.25) is 0 Å². The van der Waals surface area contributed by atoms with Crippen LogP contribution in [0.5, 0.6) is 5.75 Å². The Morgan fingerprint density at radius 2 is 1.69 bits per heavy atom. The van der Waals surface area contributed by atoms with Crippen molar-refractivity contribution in [1.82, 2.24) is 4.98 Å². The number of anilines is 2. The van der Waals surface area contributed by atoms with Crippen molar-refractivity contribution in [3.63, 3.8) is 0 Å². The van der Waals surface area contributed by atoms with Crippen LogP contribution >= 0.6 is 11.3 Å². The Kier molecular flexibility index (Phi) is 5.58. The third kappa shape index (κ3) is 4.15. The smallest absolute Gasteiger partial charge is 0.274 e. The number of thiazole rings is 1. The van der Waals surface area contributed by atoms with Crippen molar-refractivity contribution < 1.29 is 9.53 Å². The number of fused-ring (bicyclic) bond motifs is 1. The fourth-order valence-corrected chi connectivity index (χ4v) is 4.10. The summed E-state index contributed by atoms with van der Waals surface area (Å²) >= 11 is 1.50. The molecule has 4 rings (SSSR count). The molecule has 0 spiro atoms. The molecule has 1 unspecified atom stereocenters. The van der Waals surface area contributed by atoms with E-state index < -0.39 is 6.10 Å². The lowest BCUT2D eigenvalue weighted by molar-refractivity contribution is -0.123. The lowest BCUT2D eigenvalue weighted by Crippen LogP contribution is -2.37. The van der Waals surface area contributed by atoms with E-state index in [2.05, 4.69) is 6.92 Å². The summed E-state index contributed by atoms with van der Waals surface area (Å²) in [6, 6.07) is 25.3. The second-order valence-corrected chi connectivity index (χ2v) is 7.74. The van der Waals surface area contributed by atoms with E-state index >= 15 is 0 Å². The molecular formula is C24H22N2O2S. The van der Waals surface area contributed by atoms with Crippen LogP contribution in [0.3, 0.4) is 0 Å². The number of para-hydroxylation sites is 2. The third-order valence-corrected chi connectivity index (χ3v) is 5.72. The summed E-state index contributed by atoms with van der Waals surface area (Å²) in [5.74, 6) is 0.510. The molecule has 1 atom stereocenters. The molecule has 0 N–H and O–H groups in total. The van der Waals surface area contributed by atoms with Crippen molar-refractivity contribution in [3.8, 4) is 5.75 Å². The van der Waals surface area contributed by atoms with Gasteiger partial charge >= 0.3 is 0 Å². The average Bonchev–Trinajstić information content (AvgIpc) is 3.18. The molecule has 4 aromatic rings. The van der Waals surface area contributed by atoms with E-state index in [1.165, 1.54) is 16.9 Å². The number of carbonyl (C=O) groups excluding carboxylic acids is 1. The number of rotatable bonds is 6. The molecule has 0 fully saturated rings. The molecule has 0 bridgehead atoms. The molecule has 0 saturated heterocycles. The maximum Gasteiger partial charge on any atom is 0.274 e. The topological polar surface area (TPSA) is 42.4 Å². The molecule has 146 valence electrons. The number of aromatic nitrogens is 1. The minimum atomic E-state index is -0.657. The minimum Gasteiger partial charge on any atom is -0.481 e. The second kappa shape index (κ2) is 8.45. The standard InChI is InChI=1S/C24H22N2O2S/c1-3-18-13-15-19(16-14-18)26(24-25-21-11-7-8-12-22(21)29-24)23(27)17(2)28-20-9-5-4-6-10-20/h4-17H,3H2,1-2H3. The van der Waals surface area contributed by atoms with E-state index in [0.29, 0.717) is 10.9 Å². The molecule has 0 aliphatic carbocycles. The van der Waals surface area contributed by atoms with Crippen molar-refractivity contribution >= 4 is 38.3 Å².